The van der Waals surface area contributed by atoms with Crippen LogP contribution in [-0.2, 0) is 4.74 Å². The lowest BCUT2D eigenvalue weighted by atomic mass is 9.72. The summed E-state index contributed by atoms with van der Waals surface area (Å²) in [4.78, 5) is 2.57. The largest absolute Gasteiger partial charge is 0.358 e. The lowest BCUT2D eigenvalue weighted by Crippen LogP contribution is -2.47. The SMILES string of the molecule is CC(C)=CCCC1=CCCC(C)(C2OC(C)CN2C(C)C)C1. The highest BCUT2D eigenvalue weighted by Crippen LogP contribution is 2.45. The van der Waals surface area contributed by atoms with Crippen molar-refractivity contribution in [3.63, 3.8) is 0 Å². The molecule has 2 aliphatic rings. The van der Waals surface area contributed by atoms with Gasteiger partial charge in [0.05, 0.1) is 6.10 Å². The fourth-order valence-electron chi connectivity index (χ4n) is 4.01. The highest BCUT2D eigenvalue weighted by Gasteiger charge is 2.45. The van der Waals surface area contributed by atoms with Crippen molar-refractivity contribution in [3.8, 4) is 0 Å². The van der Waals surface area contributed by atoms with Crippen molar-refractivity contribution in [2.75, 3.05) is 6.54 Å². The summed E-state index contributed by atoms with van der Waals surface area (Å²) in [7, 11) is 0. The van der Waals surface area contributed by atoms with E-state index >= 15 is 0 Å². The predicted molar refractivity (Wildman–Crippen MR) is 94.9 cm³/mol. The Labute approximate surface area is 137 Å². The van der Waals surface area contributed by atoms with Crippen LogP contribution in [0, 0.1) is 5.41 Å². The lowest BCUT2D eigenvalue weighted by Gasteiger charge is -2.43. The molecule has 3 unspecified atom stereocenters. The summed E-state index contributed by atoms with van der Waals surface area (Å²) in [6.45, 7) is 14.7. The van der Waals surface area contributed by atoms with Gasteiger partial charge < -0.3 is 4.74 Å². The molecule has 2 nitrogen and oxygen atoms in total. The molecular weight excluding hydrogens is 270 g/mol. The summed E-state index contributed by atoms with van der Waals surface area (Å²) in [5.74, 6) is 0. The Balaban J connectivity index is 2.04. The third-order valence-corrected chi connectivity index (χ3v) is 5.19. The fourth-order valence-corrected chi connectivity index (χ4v) is 4.01. The van der Waals surface area contributed by atoms with Crippen molar-refractivity contribution in [1.82, 2.24) is 4.90 Å². The van der Waals surface area contributed by atoms with E-state index in [9.17, 15) is 0 Å². The van der Waals surface area contributed by atoms with Gasteiger partial charge in [-0.3, -0.25) is 4.90 Å². The van der Waals surface area contributed by atoms with Crippen molar-refractivity contribution in [2.45, 2.75) is 92.0 Å². The van der Waals surface area contributed by atoms with Crippen LogP contribution >= 0.6 is 0 Å². The zero-order valence-corrected chi connectivity index (χ0v) is 15.5. The molecule has 0 aromatic heterocycles. The third-order valence-electron chi connectivity index (χ3n) is 5.19. The van der Waals surface area contributed by atoms with Crippen LogP contribution in [0.1, 0.15) is 73.6 Å². The maximum absolute atomic E-state index is 6.36. The molecule has 1 aliphatic heterocycles. The Morgan fingerprint density at radius 3 is 2.82 bits per heavy atom. The first-order valence-electron chi connectivity index (χ1n) is 9.04. The molecule has 2 heteroatoms. The van der Waals surface area contributed by atoms with Crippen LogP contribution < -0.4 is 0 Å². The molecule has 126 valence electrons. The summed E-state index contributed by atoms with van der Waals surface area (Å²) in [6.07, 6.45) is 11.6. The normalized spacial score (nSPS) is 33.1. The van der Waals surface area contributed by atoms with Crippen LogP contribution in [0.15, 0.2) is 23.3 Å². The Hall–Kier alpha value is -0.600. The molecule has 0 spiro atoms. The van der Waals surface area contributed by atoms with Crippen molar-refractivity contribution >= 4 is 0 Å². The minimum absolute atomic E-state index is 0.268. The smallest absolute Gasteiger partial charge is 0.117 e. The van der Waals surface area contributed by atoms with Gasteiger partial charge in [-0.2, -0.15) is 0 Å². The second kappa shape index (κ2) is 7.31. The average Bonchev–Trinajstić information content (AvgIpc) is 2.82. The van der Waals surface area contributed by atoms with Crippen molar-refractivity contribution in [2.24, 2.45) is 5.41 Å². The summed E-state index contributed by atoms with van der Waals surface area (Å²) in [5.41, 5.74) is 3.33. The number of allylic oxidation sites excluding steroid dienone is 4. The van der Waals surface area contributed by atoms with E-state index in [0.717, 1.165) is 6.54 Å². The first-order chi connectivity index (χ1) is 10.3. The van der Waals surface area contributed by atoms with Gasteiger partial charge in [-0.05, 0) is 66.7 Å². The predicted octanol–water partition coefficient (Wildman–Crippen LogP) is 5.30. The number of hydrogen-bond acceptors (Lipinski definition) is 2. The number of rotatable bonds is 5. The van der Waals surface area contributed by atoms with Gasteiger partial charge in [0, 0.05) is 18.0 Å². The van der Waals surface area contributed by atoms with Gasteiger partial charge in [0.25, 0.3) is 0 Å². The van der Waals surface area contributed by atoms with E-state index in [4.69, 9.17) is 4.74 Å². The molecule has 3 atom stereocenters. The molecule has 0 saturated carbocycles. The molecule has 1 fully saturated rings. The first kappa shape index (κ1) is 17.7. The maximum atomic E-state index is 6.36. The highest BCUT2D eigenvalue weighted by molar-refractivity contribution is 5.13. The van der Waals surface area contributed by atoms with Gasteiger partial charge in [0.1, 0.15) is 6.23 Å². The molecule has 0 amide bonds. The first-order valence-corrected chi connectivity index (χ1v) is 9.04. The summed E-state index contributed by atoms with van der Waals surface area (Å²) in [6, 6.07) is 0.562. The summed E-state index contributed by atoms with van der Waals surface area (Å²) < 4.78 is 6.36. The molecule has 1 aliphatic carbocycles. The van der Waals surface area contributed by atoms with Crippen LogP contribution in [0.4, 0.5) is 0 Å². The van der Waals surface area contributed by atoms with Crippen LogP contribution in [0.2, 0.25) is 0 Å². The van der Waals surface area contributed by atoms with Gasteiger partial charge in [0.15, 0.2) is 0 Å². The topological polar surface area (TPSA) is 12.5 Å². The Morgan fingerprint density at radius 1 is 1.45 bits per heavy atom. The van der Waals surface area contributed by atoms with E-state index in [-0.39, 0.29) is 11.6 Å². The Bertz CT molecular complexity index is 433. The van der Waals surface area contributed by atoms with Crippen LogP contribution in [0.25, 0.3) is 0 Å². The quantitative estimate of drug-likeness (QED) is 0.639. The average molecular weight is 306 g/mol. The molecule has 0 aromatic carbocycles. The minimum atomic E-state index is 0.268. The van der Waals surface area contributed by atoms with Gasteiger partial charge in [-0.15, -0.1) is 0 Å². The zero-order valence-electron chi connectivity index (χ0n) is 15.5. The van der Waals surface area contributed by atoms with Crippen molar-refractivity contribution in [3.05, 3.63) is 23.3 Å². The molecule has 0 aromatic rings. The van der Waals surface area contributed by atoms with Crippen molar-refractivity contribution < 1.29 is 4.74 Å². The maximum Gasteiger partial charge on any atom is 0.117 e. The Kier molecular flexibility index (Phi) is 5.90. The fraction of sp³-hybridized carbons (Fsp3) is 0.800. The highest BCUT2D eigenvalue weighted by atomic mass is 16.5. The van der Waals surface area contributed by atoms with Crippen LogP contribution in [0.3, 0.4) is 0 Å². The molecule has 0 radical (unpaired) electrons. The number of ether oxygens (including phenoxy) is 1. The van der Waals surface area contributed by atoms with Crippen LogP contribution in [-0.4, -0.2) is 29.8 Å². The molecular formula is C20H35NO. The van der Waals surface area contributed by atoms with E-state index in [2.05, 4.69) is 58.6 Å². The van der Waals surface area contributed by atoms with E-state index < -0.39 is 0 Å². The second-order valence-corrected chi connectivity index (χ2v) is 8.14. The van der Waals surface area contributed by atoms with E-state index in [1.165, 1.54) is 37.7 Å². The molecule has 0 bridgehead atoms. The van der Waals surface area contributed by atoms with Gasteiger partial charge in [-0.25, -0.2) is 0 Å². The van der Waals surface area contributed by atoms with Crippen LogP contribution in [0.5, 0.6) is 0 Å². The van der Waals surface area contributed by atoms with E-state index in [1.54, 1.807) is 5.57 Å². The van der Waals surface area contributed by atoms with E-state index in [1.807, 2.05) is 0 Å². The monoisotopic (exact) mass is 305 g/mol. The van der Waals surface area contributed by atoms with Gasteiger partial charge >= 0.3 is 0 Å². The third kappa shape index (κ3) is 4.23. The molecule has 0 N–H and O–H groups in total. The molecule has 1 saturated heterocycles. The lowest BCUT2D eigenvalue weighted by molar-refractivity contribution is -0.0925. The standard InChI is InChI=1S/C20H35NO/c1-15(2)9-7-10-18-11-8-12-20(6,13-18)19-21(16(3)4)14-17(5)22-19/h9,11,16-17,19H,7-8,10,12-14H2,1-6H3. The summed E-state index contributed by atoms with van der Waals surface area (Å²) >= 11 is 0. The molecule has 2 rings (SSSR count). The summed E-state index contributed by atoms with van der Waals surface area (Å²) in [5, 5.41) is 0. The van der Waals surface area contributed by atoms with Gasteiger partial charge in [-0.1, -0.05) is 30.2 Å². The van der Waals surface area contributed by atoms with E-state index in [0.29, 0.717) is 12.1 Å². The molecule has 1 heterocycles. The molecule has 22 heavy (non-hydrogen) atoms. The minimum Gasteiger partial charge on any atom is -0.358 e. The Morgan fingerprint density at radius 2 is 2.18 bits per heavy atom. The number of nitrogens with zero attached hydrogens (tertiary/aromatic N) is 1. The zero-order chi connectivity index (χ0) is 16.3. The van der Waals surface area contributed by atoms with Crippen molar-refractivity contribution in [1.29, 1.82) is 0 Å². The van der Waals surface area contributed by atoms with Gasteiger partial charge in [0.2, 0.25) is 0 Å². The number of hydrogen-bond donors (Lipinski definition) is 0. The second-order valence-electron chi connectivity index (χ2n) is 8.14.